The fraction of sp³-hybridized carbons (Fsp3) is 0.235. The van der Waals surface area contributed by atoms with Crippen LogP contribution in [-0.4, -0.2) is 43.8 Å². The molecule has 1 fully saturated rings. The Kier molecular flexibility index (Phi) is 5.22. The van der Waals surface area contributed by atoms with E-state index in [2.05, 4.69) is 15.9 Å². The molecule has 1 saturated heterocycles. The molecule has 7 heteroatoms. The van der Waals surface area contributed by atoms with Crippen LogP contribution >= 0.6 is 27.3 Å². The molecule has 0 bridgehead atoms. The normalized spacial score (nSPS) is 17.3. The van der Waals surface area contributed by atoms with Crippen molar-refractivity contribution in [3.63, 3.8) is 0 Å². The zero-order chi connectivity index (χ0) is 17.2. The Balaban J connectivity index is 1.65. The minimum absolute atomic E-state index is 0.0549. The molecular weight excluding hydrogens is 410 g/mol. The van der Waals surface area contributed by atoms with E-state index in [1.54, 1.807) is 22.3 Å². The van der Waals surface area contributed by atoms with Gasteiger partial charge in [-0.3, -0.25) is 4.79 Å². The third kappa shape index (κ3) is 4.34. The largest absolute Gasteiger partial charge is 0.337 e. The Morgan fingerprint density at radius 3 is 2.42 bits per heavy atom. The minimum atomic E-state index is -2.97. The van der Waals surface area contributed by atoms with Gasteiger partial charge in [-0.1, -0.05) is 28.1 Å². The van der Waals surface area contributed by atoms with Gasteiger partial charge in [0.05, 0.1) is 11.5 Å². The molecule has 0 unspecified atom stereocenters. The van der Waals surface area contributed by atoms with Crippen molar-refractivity contribution >= 4 is 49.1 Å². The number of carbonyl (C=O) groups excluding carboxylic acids is 1. The van der Waals surface area contributed by atoms with Crippen LogP contribution in [0.4, 0.5) is 0 Å². The number of hydrogen-bond donors (Lipinski definition) is 0. The second-order valence-electron chi connectivity index (χ2n) is 5.52. The Bertz CT molecular complexity index is 855. The summed E-state index contributed by atoms with van der Waals surface area (Å²) in [6.45, 7) is 0.556. The van der Waals surface area contributed by atoms with E-state index in [1.165, 1.54) is 6.08 Å². The summed E-state index contributed by atoms with van der Waals surface area (Å²) in [5, 5.41) is 0. The van der Waals surface area contributed by atoms with Crippen molar-refractivity contribution in [3.8, 4) is 10.4 Å². The summed E-state index contributed by atoms with van der Waals surface area (Å²) in [7, 11) is -2.97. The number of carbonyl (C=O) groups is 1. The first-order valence-electron chi connectivity index (χ1n) is 7.46. The SMILES string of the molecule is O=C(/C=C/c1ccc(-c2ccc(Br)cc2)s1)N1CCS(=O)(=O)CC1. The van der Waals surface area contributed by atoms with E-state index in [1.807, 2.05) is 36.4 Å². The minimum Gasteiger partial charge on any atom is -0.337 e. The lowest BCUT2D eigenvalue weighted by molar-refractivity contribution is -0.125. The number of rotatable bonds is 3. The van der Waals surface area contributed by atoms with Crippen molar-refractivity contribution in [3.05, 3.63) is 51.8 Å². The van der Waals surface area contributed by atoms with Crippen LogP contribution in [0.2, 0.25) is 0 Å². The summed E-state index contributed by atoms with van der Waals surface area (Å²) in [5.74, 6) is -0.0259. The van der Waals surface area contributed by atoms with Gasteiger partial charge in [0.1, 0.15) is 0 Å². The third-order valence-corrected chi connectivity index (χ3v) is 7.04. The van der Waals surface area contributed by atoms with Crippen LogP contribution in [-0.2, 0) is 14.6 Å². The van der Waals surface area contributed by atoms with Crippen LogP contribution in [0, 0.1) is 0 Å². The summed E-state index contributed by atoms with van der Waals surface area (Å²) < 4.78 is 23.8. The molecule has 0 aliphatic carbocycles. The quantitative estimate of drug-likeness (QED) is 0.707. The topological polar surface area (TPSA) is 54.5 Å². The van der Waals surface area contributed by atoms with Gasteiger partial charge in [-0.2, -0.15) is 0 Å². The van der Waals surface area contributed by atoms with Gasteiger partial charge in [0.2, 0.25) is 5.91 Å². The summed E-state index contributed by atoms with van der Waals surface area (Å²) >= 11 is 5.03. The monoisotopic (exact) mass is 425 g/mol. The van der Waals surface area contributed by atoms with Gasteiger partial charge in [-0.05, 0) is 35.9 Å². The van der Waals surface area contributed by atoms with Crippen LogP contribution in [0.3, 0.4) is 0 Å². The Morgan fingerprint density at radius 1 is 1.08 bits per heavy atom. The maximum Gasteiger partial charge on any atom is 0.246 e. The molecule has 24 heavy (non-hydrogen) atoms. The molecule has 1 amide bonds. The molecule has 2 heterocycles. The Hall–Kier alpha value is -1.44. The van der Waals surface area contributed by atoms with E-state index in [4.69, 9.17) is 0 Å². The smallest absolute Gasteiger partial charge is 0.246 e. The van der Waals surface area contributed by atoms with Crippen molar-refractivity contribution < 1.29 is 13.2 Å². The third-order valence-electron chi connectivity index (χ3n) is 3.80. The predicted molar refractivity (Wildman–Crippen MR) is 102 cm³/mol. The fourth-order valence-electron chi connectivity index (χ4n) is 2.40. The Labute approximate surface area is 153 Å². The maximum atomic E-state index is 12.1. The van der Waals surface area contributed by atoms with E-state index in [-0.39, 0.29) is 30.5 Å². The molecule has 0 spiro atoms. The number of nitrogens with zero attached hydrogens (tertiary/aromatic N) is 1. The van der Waals surface area contributed by atoms with Crippen LogP contribution in [0.5, 0.6) is 0 Å². The van der Waals surface area contributed by atoms with E-state index < -0.39 is 9.84 Å². The fourth-order valence-corrected chi connectivity index (χ4v) is 4.79. The molecule has 0 saturated carbocycles. The van der Waals surface area contributed by atoms with Crippen molar-refractivity contribution in [2.75, 3.05) is 24.6 Å². The Morgan fingerprint density at radius 2 is 1.75 bits per heavy atom. The standard InChI is InChI=1S/C17H16BrNO3S2/c18-14-3-1-13(2-4-14)16-7-5-15(23-16)6-8-17(20)19-9-11-24(21,22)12-10-19/h1-8H,9-12H2/b8-6+. The molecule has 0 atom stereocenters. The molecule has 3 rings (SSSR count). The average Bonchev–Trinajstić information content (AvgIpc) is 3.02. The summed E-state index contributed by atoms with van der Waals surface area (Å²) in [6.07, 6.45) is 3.31. The zero-order valence-corrected chi connectivity index (χ0v) is 16.0. The number of hydrogen-bond acceptors (Lipinski definition) is 4. The highest BCUT2D eigenvalue weighted by Crippen LogP contribution is 2.29. The lowest BCUT2D eigenvalue weighted by atomic mass is 10.2. The van der Waals surface area contributed by atoms with Gasteiger partial charge in [-0.25, -0.2) is 8.42 Å². The predicted octanol–water partition coefficient (Wildman–Crippen LogP) is 3.45. The van der Waals surface area contributed by atoms with Crippen LogP contribution in [0.1, 0.15) is 4.88 Å². The number of sulfone groups is 1. The van der Waals surface area contributed by atoms with Gasteiger partial charge in [-0.15, -0.1) is 11.3 Å². The maximum absolute atomic E-state index is 12.1. The van der Waals surface area contributed by atoms with Crippen molar-refractivity contribution in [1.82, 2.24) is 4.90 Å². The number of benzene rings is 1. The molecule has 1 aromatic heterocycles. The summed E-state index contributed by atoms with van der Waals surface area (Å²) in [5.41, 5.74) is 1.13. The first-order valence-corrected chi connectivity index (χ1v) is 10.9. The molecule has 0 N–H and O–H groups in total. The number of amides is 1. The van der Waals surface area contributed by atoms with Crippen molar-refractivity contribution in [1.29, 1.82) is 0 Å². The molecule has 2 aromatic rings. The molecular formula is C17H16BrNO3S2. The molecule has 1 aliphatic rings. The van der Waals surface area contributed by atoms with Gasteiger partial charge in [0.25, 0.3) is 0 Å². The van der Waals surface area contributed by atoms with E-state index in [0.29, 0.717) is 0 Å². The van der Waals surface area contributed by atoms with Crippen molar-refractivity contribution in [2.45, 2.75) is 0 Å². The van der Waals surface area contributed by atoms with E-state index in [0.717, 1.165) is 19.8 Å². The van der Waals surface area contributed by atoms with Crippen LogP contribution in [0.15, 0.2) is 46.9 Å². The first-order chi connectivity index (χ1) is 11.4. The summed E-state index contributed by atoms with van der Waals surface area (Å²) in [4.78, 5) is 15.9. The highest BCUT2D eigenvalue weighted by atomic mass is 79.9. The highest BCUT2D eigenvalue weighted by molar-refractivity contribution is 9.10. The lowest BCUT2D eigenvalue weighted by Crippen LogP contribution is -2.43. The molecule has 4 nitrogen and oxygen atoms in total. The average molecular weight is 426 g/mol. The molecule has 1 aliphatic heterocycles. The molecule has 126 valence electrons. The zero-order valence-electron chi connectivity index (χ0n) is 12.8. The number of thiophene rings is 1. The highest BCUT2D eigenvalue weighted by Gasteiger charge is 2.23. The summed E-state index contributed by atoms with van der Waals surface area (Å²) in [6, 6.07) is 12.1. The van der Waals surface area contributed by atoms with Crippen LogP contribution in [0.25, 0.3) is 16.5 Å². The molecule has 0 radical (unpaired) electrons. The lowest BCUT2D eigenvalue weighted by Gasteiger charge is -2.25. The van der Waals surface area contributed by atoms with Crippen LogP contribution < -0.4 is 0 Å². The van der Waals surface area contributed by atoms with Crippen molar-refractivity contribution in [2.24, 2.45) is 0 Å². The number of halogens is 1. The van der Waals surface area contributed by atoms with E-state index >= 15 is 0 Å². The first kappa shape index (κ1) is 17.4. The van der Waals surface area contributed by atoms with Gasteiger partial charge in [0, 0.05) is 33.4 Å². The second kappa shape index (κ2) is 7.21. The van der Waals surface area contributed by atoms with Gasteiger partial charge < -0.3 is 4.90 Å². The second-order valence-corrected chi connectivity index (χ2v) is 9.85. The molecule has 1 aromatic carbocycles. The van der Waals surface area contributed by atoms with E-state index in [9.17, 15) is 13.2 Å². The van der Waals surface area contributed by atoms with Gasteiger partial charge >= 0.3 is 0 Å². The van der Waals surface area contributed by atoms with Gasteiger partial charge in [0.15, 0.2) is 9.84 Å².